The second-order valence-corrected chi connectivity index (χ2v) is 5.70. The molecule has 0 bridgehead atoms. The van der Waals surface area contributed by atoms with E-state index in [-0.39, 0.29) is 24.8 Å². The second kappa shape index (κ2) is 8.36. The molecule has 0 radical (unpaired) electrons. The summed E-state index contributed by atoms with van der Waals surface area (Å²) in [6.45, 7) is 2.16. The number of ether oxygens (including phenoxy) is 1. The molecule has 2 amide bonds. The molecule has 6 heteroatoms. The first-order valence-electron chi connectivity index (χ1n) is 7.48. The SMILES string of the molecule is COc1ccc(Cl)cc1NC(=O)CCNC(=O)c1cccc(C)c1. The normalized spacial score (nSPS) is 10.1. The zero-order chi connectivity index (χ0) is 17.5. The summed E-state index contributed by atoms with van der Waals surface area (Å²) in [7, 11) is 1.51. The van der Waals surface area contributed by atoms with Gasteiger partial charge in [0.1, 0.15) is 5.75 Å². The van der Waals surface area contributed by atoms with E-state index in [1.807, 2.05) is 19.1 Å². The van der Waals surface area contributed by atoms with Gasteiger partial charge in [0.25, 0.3) is 5.91 Å². The number of nitrogens with one attached hydrogen (secondary N) is 2. The number of benzene rings is 2. The van der Waals surface area contributed by atoms with Crippen molar-refractivity contribution in [2.24, 2.45) is 0 Å². The van der Waals surface area contributed by atoms with Crippen LogP contribution >= 0.6 is 11.6 Å². The third-order valence-electron chi connectivity index (χ3n) is 3.35. The molecule has 0 atom stereocenters. The molecule has 0 aliphatic heterocycles. The summed E-state index contributed by atoms with van der Waals surface area (Å²) in [6.07, 6.45) is 0.146. The van der Waals surface area contributed by atoms with Crippen molar-refractivity contribution in [2.75, 3.05) is 19.0 Å². The van der Waals surface area contributed by atoms with Crippen LogP contribution in [0.4, 0.5) is 5.69 Å². The minimum atomic E-state index is -0.236. The van der Waals surface area contributed by atoms with Gasteiger partial charge in [0.2, 0.25) is 5.91 Å². The molecule has 24 heavy (non-hydrogen) atoms. The molecule has 0 heterocycles. The molecule has 2 N–H and O–H groups in total. The summed E-state index contributed by atoms with van der Waals surface area (Å²) in [5.74, 6) is 0.0866. The third-order valence-corrected chi connectivity index (χ3v) is 3.59. The highest BCUT2D eigenvalue weighted by Gasteiger charge is 2.10. The monoisotopic (exact) mass is 346 g/mol. The number of methoxy groups -OCH3 is 1. The maximum Gasteiger partial charge on any atom is 0.251 e. The quantitative estimate of drug-likeness (QED) is 0.842. The van der Waals surface area contributed by atoms with E-state index < -0.39 is 0 Å². The molecule has 0 saturated carbocycles. The molecule has 2 aromatic carbocycles. The molecule has 2 aromatic rings. The first-order chi connectivity index (χ1) is 11.5. The van der Waals surface area contributed by atoms with E-state index in [1.54, 1.807) is 30.3 Å². The molecule has 0 aliphatic rings. The lowest BCUT2D eigenvalue weighted by Crippen LogP contribution is -2.27. The van der Waals surface area contributed by atoms with Crippen LogP contribution in [-0.2, 0) is 4.79 Å². The number of aryl methyl sites for hydroxylation is 1. The number of rotatable bonds is 6. The van der Waals surface area contributed by atoms with Crippen LogP contribution in [0.1, 0.15) is 22.3 Å². The minimum Gasteiger partial charge on any atom is -0.495 e. The van der Waals surface area contributed by atoms with E-state index in [1.165, 1.54) is 7.11 Å². The predicted octanol–water partition coefficient (Wildman–Crippen LogP) is 3.42. The zero-order valence-electron chi connectivity index (χ0n) is 13.6. The van der Waals surface area contributed by atoms with Gasteiger partial charge < -0.3 is 15.4 Å². The van der Waals surface area contributed by atoms with E-state index in [9.17, 15) is 9.59 Å². The Labute approximate surface area is 146 Å². The molecular weight excluding hydrogens is 328 g/mol. The molecule has 0 spiro atoms. The summed E-state index contributed by atoms with van der Waals surface area (Å²) in [5.41, 5.74) is 2.08. The molecule has 0 unspecified atom stereocenters. The van der Waals surface area contributed by atoms with Crippen molar-refractivity contribution in [3.63, 3.8) is 0 Å². The Morgan fingerprint density at radius 3 is 2.67 bits per heavy atom. The zero-order valence-corrected chi connectivity index (χ0v) is 14.3. The Hall–Kier alpha value is -2.53. The lowest BCUT2D eigenvalue weighted by atomic mass is 10.1. The van der Waals surface area contributed by atoms with Crippen LogP contribution in [0.3, 0.4) is 0 Å². The van der Waals surface area contributed by atoms with Crippen molar-refractivity contribution in [1.82, 2.24) is 5.32 Å². The van der Waals surface area contributed by atoms with Gasteiger partial charge in [0.05, 0.1) is 12.8 Å². The molecule has 126 valence electrons. The molecule has 0 fully saturated rings. The van der Waals surface area contributed by atoms with Gasteiger partial charge in [-0.15, -0.1) is 0 Å². The number of amides is 2. The number of anilines is 1. The van der Waals surface area contributed by atoms with Crippen molar-refractivity contribution in [2.45, 2.75) is 13.3 Å². The number of hydrogen-bond donors (Lipinski definition) is 2. The van der Waals surface area contributed by atoms with Crippen molar-refractivity contribution in [1.29, 1.82) is 0 Å². The van der Waals surface area contributed by atoms with Crippen LogP contribution in [0.2, 0.25) is 5.02 Å². The summed E-state index contributed by atoms with van der Waals surface area (Å²) >= 11 is 5.92. The second-order valence-electron chi connectivity index (χ2n) is 5.27. The van der Waals surface area contributed by atoms with Gasteiger partial charge >= 0.3 is 0 Å². The average Bonchev–Trinajstić information content (AvgIpc) is 2.55. The van der Waals surface area contributed by atoms with Crippen LogP contribution in [0.5, 0.6) is 5.75 Å². The molecule has 2 rings (SSSR count). The average molecular weight is 347 g/mol. The Morgan fingerprint density at radius 2 is 1.96 bits per heavy atom. The standard InChI is InChI=1S/C18H19ClN2O3/c1-12-4-3-5-13(10-12)18(23)20-9-8-17(22)21-15-11-14(19)6-7-16(15)24-2/h3-7,10-11H,8-9H2,1-2H3,(H,20,23)(H,21,22). The van der Waals surface area contributed by atoms with Gasteiger partial charge in [-0.3, -0.25) is 9.59 Å². The largest absolute Gasteiger partial charge is 0.495 e. The van der Waals surface area contributed by atoms with Crippen LogP contribution in [0.15, 0.2) is 42.5 Å². The van der Waals surface area contributed by atoms with Gasteiger partial charge in [-0.2, -0.15) is 0 Å². The first-order valence-corrected chi connectivity index (χ1v) is 7.85. The van der Waals surface area contributed by atoms with E-state index in [2.05, 4.69) is 10.6 Å². The Bertz CT molecular complexity index is 747. The topological polar surface area (TPSA) is 67.4 Å². The summed E-state index contributed by atoms with van der Waals surface area (Å²) in [5, 5.41) is 5.95. The fraction of sp³-hybridized carbons (Fsp3) is 0.222. The van der Waals surface area contributed by atoms with Gasteiger partial charge in [0.15, 0.2) is 0 Å². The maximum absolute atomic E-state index is 12.0. The third kappa shape index (κ3) is 4.99. The van der Waals surface area contributed by atoms with E-state index in [4.69, 9.17) is 16.3 Å². The van der Waals surface area contributed by atoms with E-state index in [0.29, 0.717) is 22.0 Å². The van der Waals surface area contributed by atoms with Crippen molar-refractivity contribution >= 4 is 29.1 Å². The van der Waals surface area contributed by atoms with Crippen LogP contribution in [-0.4, -0.2) is 25.5 Å². The molecule has 5 nitrogen and oxygen atoms in total. The highest BCUT2D eigenvalue weighted by Crippen LogP contribution is 2.27. The first kappa shape index (κ1) is 17.8. The Balaban J connectivity index is 1.85. The molecule has 0 aliphatic carbocycles. The van der Waals surface area contributed by atoms with Crippen LogP contribution in [0.25, 0.3) is 0 Å². The van der Waals surface area contributed by atoms with Crippen molar-refractivity contribution < 1.29 is 14.3 Å². The Morgan fingerprint density at radius 1 is 1.17 bits per heavy atom. The molecule has 0 aromatic heterocycles. The fourth-order valence-corrected chi connectivity index (χ4v) is 2.34. The molecular formula is C18H19ClN2O3. The van der Waals surface area contributed by atoms with E-state index in [0.717, 1.165) is 5.56 Å². The van der Waals surface area contributed by atoms with E-state index >= 15 is 0 Å². The maximum atomic E-state index is 12.0. The van der Waals surface area contributed by atoms with Gasteiger partial charge in [-0.25, -0.2) is 0 Å². The number of carbonyl (C=O) groups excluding carboxylic acids is 2. The van der Waals surface area contributed by atoms with Crippen molar-refractivity contribution in [3.05, 3.63) is 58.6 Å². The minimum absolute atomic E-state index is 0.146. The van der Waals surface area contributed by atoms with Crippen LogP contribution < -0.4 is 15.4 Å². The van der Waals surface area contributed by atoms with Gasteiger partial charge in [0, 0.05) is 23.6 Å². The van der Waals surface area contributed by atoms with Gasteiger partial charge in [-0.05, 0) is 37.3 Å². The number of carbonyl (C=O) groups is 2. The predicted molar refractivity (Wildman–Crippen MR) is 94.8 cm³/mol. The fourth-order valence-electron chi connectivity index (χ4n) is 2.17. The van der Waals surface area contributed by atoms with Gasteiger partial charge in [-0.1, -0.05) is 29.3 Å². The molecule has 0 saturated heterocycles. The lowest BCUT2D eigenvalue weighted by molar-refractivity contribution is -0.116. The highest BCUT2D eigenvalue weighted by atomic mass is 35.5. The number of halogens is 1. The lowest BCUT2D eigenvalue weighted by Gasteiger charge is -2.11. The van der Waals surface area contributed by atoms with Crippen molar-refractivity contribution in [3.8, 4) is 5.75 Å². The van der Waals surface area contributed by atoms with Crippen LogP contribution in [0, 0.1) is 6.92 Å². The summed E-state index contributed by atoms with van der Waals surface area (Å²) < 4.78 is 5.17. The summed E-state index contributed by atoms with van der Waals surface area (Å²) in [4.78, 5) is 24.0. The highest BCUT2D eigenvalue weighted by molar-refractivity contribution is 6.31. The number of hydrogen-bond acceptors (Lipinski definition) is 3. The Kier molecular flexibility index (Phi) is 6.21. The smallest absolute Gasteiger partial charge is 0.251 e. The summed E-state index contributed by atoms with van der Waals surface area (Å²) in [6, 6.07) is 12.2.